The van der Waals surface area contributed by atoms with E-state index >= 15 is 0 Å². The van der Waals surface area contributed by atoms with Crippen molar-refractivity contribution in [1.29, 1.82) is 0 Å². The van der Waals surface area contributed by atoms with E-state index in [1.54, 1.807) is 23.9 Å². The molecule has 0 aliphatic carbocycles. The van der Waals surface area contributed by atoms with Crippen LogP contribution in [-0.2, 0) is 4.74 Å². The third kappa shape index (κ3) is 3.83. The van der Waals surface area contributed by atoms with E-state index in [4.69, 9.17) is 16.3 Å². The molecule has 1 aliphatic heterocycles. The quantitative estimate of drug-likeness (QED) is 0.877. The lowest BCUT2D eigenvalue weighted by Gasteiger charge is -2.15. The minimum absolute atomic E-state index is 0.261. The average Bonchev–Trinajstić information content (AvgIpc) is 2.63. The van der Waals surface area contributed by atoms with Gasteiger partial charge < -0.3 is 14.7 Å². The van der Waals surface area contributed by atoms with E-state index in [1.165, 1.54) is 0 Å². The second-order valence-corrected chi connectivity index (χ2v) is 7.15. The largest absolute Gasteiger partial charge is 0.508 e. The zero-order valence-electron chi connectivity index (χ0n) is 13.0. The van der Waals surface area contributed by atoms with E-state index in [1.807, 2.05) is 44.4 Å². The number of phenolic OH excluding ortho intramolecular Hbond substituents is 1. The molecular weight excluding hydrogens is 330 g/mol. The number of hydrogen-bond donors (Lipinski definition) is 1. The van der Waals surface area contributed by atoms with Crippen molar-refractivity contribution in [2.45, 2.75) is 9.79 Å². The van der Waals surface area contributed by atoms with Crippen molar-refractivity contribution in [2.24, 2.45) is 0 Å². The van der Waals surface area contributed by atoms with Gasteiger partial charge in [-0.05, 0) is 56.1 Å². The summed E-state index contributed by atoms with van der Waals surface area (Å²) < 4.78 is 6.03. The lowest BCUT2D eigenvalue weighted by molar-refractivity contribution is 0.233. The normalized spacial score (nSPS) is 13.1. The Balaban J connectivity index is 2.02. The zero-order valence-corrected chi connectivity index (χ0v) is 14.6. The zero-order chi connectivity index (χ0) is 16.4. The van der Waals surface area contributed by atoms with Gasteiger partial charge in [-0.2, -0.15) is 0 Å². The number of aromatic hydroxyl groups is 1. The molecule has 23 heavy (non-hydrogen) atoms. The molecule has 0 saturated heterocycles. The van der Waals surface area contributed by atoms with Gasteiger partial charge in [-0.25, -0.2) is 0 Å². The van der Waals surface area contributed by atoms with Crippen molar-refractivity contribution >= 4 is 35.2 Å². The molecule has 120 valence electrons. The van der Waals surface area contributed by atoms with Crippen LogP contribution in [0.4, 0.5) is 0 Å². The molecule has 0 unspecified atom stereocenters. The van der Waals surface area contributed by atoms with Gasteiger partial charge in [0, 0.05) is 26.9 Å². The Morgan fingerprint density at radius 1 is 1.13 bits per heavy atom. The highest BCUT2D eigenvalue weighted by atomic mass is 35.5. The molecule has 2 aromatic rings. The second kappa shape index (κ2) is 6.87. The fourth-order valence-electron chi connectivity index (χ4n) is 2.31. The molecule has 0 atom stereocenters. The van der Waals surface area contributed by atoms with Crippen LogP contribution in [0.1, 0.15) is 11.1 Å². The summed E-state index contributed by atoms with van der Waals surface area (Å²) in [6.07, 6.45) is 2.01. The molecule has 1 heterocycles. The van der Waals surface area contributed by atoms with E-state index in [0.717, 1.165) is 33.2 Å². The third-order valence-corrected chi connectivity index (χ3v) is 4.89. The van der Waals surface area contributed by atoms with Crippen molar-refractivity contribution < 1.29 is 9.84 Å². The Hall–Kier alpha value is -1.62. The summed E-state index contributed by atoms with van der Waals surface area (Å²) >= 11 is 7.78. The molecule has 3 rings (SSSR count). The molecule has 1 aliphatic rings. The number of rotatable bonds is 4. The maximum Gasteiger partial charge on any atom is 0.128 e. The number of fused-ring (bicyclic) bond motifs is 2. The smallest absolute Gasteiger partial charge is 0.128 e. The van der Waals surface area contributed by atoms with Gasteiger partial charge in [-0.1, -0.05) is 29.4 Å². The molecule has 0 amide bonds. The van der Waals surface area contributed by atoms with Crippen molar-refractivity contribution in [1.82, 2.24) is 4.90 Å². The highest BCUT2D eigenvalue weighted by Crippen LogP contribution is 2.42. The fourth-order valence-corrected chi connectivity index (χ4v) is 3.55. The van der Waals surface area contributed by atoms with Gasteiger partial charge >= 0.3 is 0 Å². The number of phenols is 1. The number of likely N-dealkylation sites (N-methyl/N-ethyl adjacent to an activating group) is 1. The second-order valence-electron chi connectivity index (χ2n) is 5.62. The van der Waals surface area contributed by atoms with Crippen molar-refractivity contribution in [3.8, 4) is 5.75 Å². The van der Waals surface area contributed by atoms with Gasteiger partial charge in [0.25, 0.3) is 0 Å². The van der Waals surface area contributed by atoms with Gasteiger partial charge in [0.15, 0.2) is 0 Å². The Kier molecular flexibility index (Phi) is 4.85. The number of hydrogen-bond acceptors (Lipinski definition) is 4. The summed E-state index contributed by atoms with van der Waals surface area (Å²) in [7, 11) is 4.03. The van der Waals surface area contributed by atoms with Crippen LogP contribution in [0.5, 0.6) is 5.75 Å². The molecule has 0 aromatic heterocycles. The Morgan fingerprint density at radius 2 is 1.96 bits per heavy atom. The van der Waals surface area contributed by atoms with Crippen LogP contribution < -0.4 is 0 Å². The van der Waals surface area contributed by atoms with Crippen molar-refractivity contribution in [2.75, 3.05) is 27.2 Å². The Morgan fingerprint density at radius 3 is 2.74 bits per heavy atom. The predicted octanol–water partition coefficient (Wildman–Crippen LogP) is 4.59. The van der Waals surface area contributed by atoms with Gasteiger partial charge in [0.05, 0.1) is 0 Å². The summed E-state index contributed by atoms with van der Waals surface area (Å²) in [5.74, 6) is 1.07. The minimum Gasteiger partial charge on any atom is -0.508 e. The van der Waals surface area contributed by atoms with Crippen LogP contribution in [0.3, 0.4) is 0 Å². The first-order valence-electron chi connectivity index (χ1n) is 7.33. The molecule has 0 radical (unpaired) electrons. The molecular formula is C18H18ClNO2S. The summed E-state index contributed by atoms with van der Waals surface area (Å²) in [5.41, 5.74) is 2.01. The number of nitrogens with zero attached hydrogens (tertiary/aromatic N) is 1. The first kappa shape index (κ1) is 16.2. The van der Waals surface area contributed by atoms with E-state index in [9.17, 15) is 5.11 Å². The predicted molar refractivity (Wildman–Crippen MR) is 96.1 cm³/mol. The van der Waals surface area contributed by atoms with Gasteiger partial charge in [-0.15, -0.1) is 0 Å². The van der Waals surface area contributed by atoms with Crippen LogP contribution >= 0.6 is 23.4 Å². The van der Waals surface area contributed by atoms with E-state index in [0.29, 0.717) is 11.6 Å². The molecule has 2 aromatic carbocycles. The molecule has 0 spiro atoms. The fraction of sp³-hybridized carbons (Fsp3) is 0.222. The summed E-state index contributed by atoms with van der Waals surface area (Å²) in [4.78, 5) is 4.14. The number of halogens is 1. The van der Waals surface area contributed by atoms with Gasteiger partial charge in [-0.3, -0.25) is 0 Å². The topological polar surface area (TPSA) is 32.7 Å². The Bertz CT molecular complexity index is 759. The molecule has 0 saturated carbocycles. The average molecular weight is 348 g/mol. The molecule has 5 heteroatoms. The van der Waals surface area contributed by atoms with E-state index in [-0.39, 0.29) is 5.75 Å². The monoisotopic (exact) mass is 347 g/mol. The molecule has 3 nitrogen and oxygen atoms in total. The van der Waals surface area contributed by atoms with Crippen molar-refractivity contribution in [3.63, 3.8) is 0 Å². The first-order valence-corrected chi connectivity index (χ1v) is 8.52. The molecule has 1 N–H and O–H groups in total. The van der Waals surface area contributed by atoms with Crippen LogP contribution in [0, 0.1) is 0 Å². The van der Waals surface area contributed by atoms with Gasteiger partial charge in [0.1, 0.15) is 18.1 Å². The highest BCUT2D eigenvalue weighted by molar-refractivity contribution is 7.99. The summed E-state index contributed by atoms with van der Waals surface area (Å²) in [6, 6.07) is 11.2. The third-order valence-electron chi connectivity index (χ3n) is 3.51. The number of ether oxygens (including phenoxy) is 1. The van der Waals surface area contributed by atoms with Crippen LogP contribution in [0.25, 0.3) is 11.8 Å². The summed E-state index contributed by atoms with van der Waals surface area (Å²) in [6.45, 7) is 1.44. The number of benzene rings is 2. The summed E-state index contributed by atoms with van der Waals surface area (Å²) in [5, 5.41) is 10.4. The van der Waals surface area contributed by atoms with Crippen LogP contribution in [0.2, 0.25) is 5.02 Å². The van der Waals surface area contributed by atoms with Crippen molar-refractivity contribution in [3.05, 3.63) is 52.5 Å². The van der Waals surface area contributed by atoms with Crippen LogP contribution in [-0.4, -0.2) is 37.3 Å². The minimum atomic E-state index is 0.261. The van der Waals surface area contributed by atoms with Crippen LogP contribution in [0.15, 0.2) is 46.2 Å². The SMILES string of the molecule is CN(C)CCOC1=Cc2ccc(O)cc2Sc2ccc(Cl)cc21. The maximum atomic E-state index is 9.75. The lowest BCUT2D eigenvalue weighted by Crippen LogP contribution is -2.17. The highest BCUT2D eigenvalue weighted by Gasteiger charge is 2.18. The van der Waals surface area contributed by atoms with Gasteiger partial charge in [0.2, 0.25) is 0 Å². The standard InChI is InChI=1S/C18H18ClNO2S/c1-20(2)7-8-22-16-9-12-3-5-14(21)11-18(12)23-17-6-4-13(19)10-15(16)17/h3-6,9-11,21H,7-8H2,1-2H3. The molecule has 0 bridgehead atoms. The maximum absolute atomic E-state index is 9.75. The van der Waals surface area contributed by atoms with E-state index in [2.05, 4.69) is 4.90 Å². The van der Waals surface area contributed by atoms with E-state index < -0.39 is 0 Å². The Labute approximate surface area is 145 Å². The lowest BCUT2D eigenvalue weighted by atomic mass is 10.1. The molecule has 0 fully saturated rings. The first-order chi connectivity index (χ1) is 11.0.